The van der Waals surface area contributed by atoms with Crippen LogP contribution in [0.1, 0.15) is 21.7 Å². The van der Waals surface area contributed by atoms with Crippen molar-refractivity contribution in [3.63, 3.8) is 0 Å². The highest BCUT2D eigenvalue weighted by atomic mass is 35.5. The number of hydrogen-bond acceptors (Lipinski definition) is 2. The minimum Gasteiger partial charge on any atom is -0.345 e. The third kappa shape index (κ3) is 2.96. The maximum atomic E-state index is 12.8. The summed E-state index contributed by atoms with van der Waals surface area (Å²) < 4.78 is 1.78. The molecule has 3 aromatic rings. The first-order valence-corrected chi connectivity index (χ1v) is 8.74. The lowest BCUT2D eigenvalue weighted by molar-refractivity contribution is 0.0753. The second kappa shape index (κ2) is 6.41. The number of nitrogens with zero attached hydrogens (tertiary/aromatic N) is 3. The summed E-state index contributed by atoms with van der Waals surface area (Å²) in [5, 5.41) is 8.26. The number of rotatable bonds is 2. The van der Waals surface area contributed by atoms with Crippen LogP contribution in [0.4, 0.5) is 0 Å². The maximum Gasteiger partial charge on any atom is 0.270 e. The summed E-state index contributed by atoms with van der Waals surface area (Å²) in [7, 11) is 1.84. The summed E-state index contributed by atoms with van der Waals surface area (Å²) in [6.07, 6.45) is 3.32. The molecule has 1 amide bonds. The molecule has 0 spiro atoms. The van der Waals surface area contributed by atoms with Crippen molar-refractivity contribution in [1.82, 2.24) is 19.7 Å². The first-order chi connectivity index (χ1) is 12.1. The molecular weight excluding hydrogens is 336 g/mol. The van der Waals surface area contributed by atoms with Gasteiger partial charge in [0.15, 0.2) is 0 Å². The van der Waals surface area contributed by atoms with Gasteiger partial charge in [-0.3, -0.25) is 9.89 Å². The molecule has 0 unspecified atom stereocenters. The highest BCUT2D eigenvalue weighted by molar-refractivity contribution is 6.31. The van der Waals surface area contributed by atoms with Crippen molar-refractivity contribution >= 4 is 17.5 Å². The Bertz CT molecular complexity index is 913. The van der Waals surface area contributed by atoms with Crippen molar-refractivity contribution in [2.24, 2.45) is 7.05 Å². The average Bonchev–Trinajstić information content (AvgIpc) is 3.11. The third-order valence-corrected chi connectivity index (χ3v) is 4.95. The van der Waals surface area contributed by atoms with Gasteiger partial charge in [0.05, 0.1) is 10.7 Å². The van der Waals surface area contributed by atoms with Gasteiger partial charge in [0.1, 0.15) is 5.69 Å². The number of fused-ring (bicyclic) bond motifs is 1. The smallest absolute Gasteiger partial charge is 0.270 e. The zero-order valence-corrected chi connectivity index (χ0v) is 14.8. The standard InChI is InChI=1S/C19H19ClN4O/c1-23-12-14(20)11-17(23)19(25)24-9-7-15-16(8-10-24)21-22-18(15)13-5-3-2-4-6-13/h2-6,11-12H,7-10H2,1H3,(H,21,22). The van der Waals surface area contributed by atoms with Gasteiger partial charge in [-0.2, -0.15) is 5.10 Å². The molecule has 1 aliphatic heterocycles. The van der Waals surface area contributed by atoms with Crippen molar-refractivity contribution in [3.8, 4) is 11.3 Å². The van der Waals surface area contributed by atoms with Crippen molar-refractivity contribution in [2.45, 2.75) is 12.8 Å². The molecule has 25 heavy (non-hydrogen) atoms. The van der Waals surface area contributed by atoms with Crippen LogP contribution in [0.15, 0.2) is 42.6 Å². The number of aromatic amines is 1. The molecule has 128 valence electrons. The second-order valence-corrected chi connectivity index (χ2v) is 6.78. The van der Waals surface area contributed by atoms with Crippen LogP contribution in [-0.2, 0) is 19.9 Å². The van der Waals surface area contributed by atoms with E-state index in [4.69, 9.17) is 11.6 Å². The molecule has 0 saturated carbocycles. The molecule has 4 rings (SSSR count). The number of hydrogen-bond donors (Lipinski definition) is 1. The molecular formula is C19H19ClN4O. The van der Waals surface area contributed by atoms with Gasteiger partial charge in [0.25, 0.3) is 5.91 Å². The molecule has 0 aliphatic carbocycles. The number of amides is 1. The summed E-state index contributed by atoms with van der Waals surface area (Å²) in [6, 6.07) is 11.9. The third-order valence-electron chi connectivity index (χ3n) is 4.74. The van der Waals surface area contributed by atoms with Crippen LogP contribution < -0.4 is 0 Å². The Labute approximate surface area is 151 Å². The maximum absolute atomic E-state index is 12.8. The molecule has 6 heteroatoms. The van der Waals surface area contributed by atoms with E-state index in [0.717, 1.165) is 29.8 Å². The zero-order chi connectivity index (χ0) is 17.4. The van der Waals surface area contributed by atoms with E-state index < -0.39 is 0 Å². The topological polar surface area (TPSA) is 53.9 Å². The molecule has 0 atom stereocenters. The molecule has 1 aliphatic rings. The monoisotopic (exact) mass is 354 g/mol. The van der Waals surface area contributed by atoms with Crippen LogP contribution in [0.25, 0.3) is 11.3 Å². The first-order valence-electron chi connectivity index (χ1n) is 8.36. The van der Waals surface area contributed by atoms with Gasteiger partial charge in [0, 0.05) is 49.6 Å². The van der Waals surface area contributed by atoms with Crippen molar-refractivity contribution in [3.05, 3.63) is 64.6 Å². The van der Waals surface area contributed by atoms with Gasteiger partial charge in [-0.1, -0.05) is 41.9 Å². The van der Waals surface area contributed by atoms with Crippen molar-refractivity contribution < 1.29 is 4.79 Å². The SMILES string of the molecule is Cn1cc(Cl)cc1C(=O)N1CCc2[nH]nc(-c3ccccc3)c2CC1. The Morgan fingerprint density at radius 2 is 1.96 bits per heavy atom. The number of aromatic nitrogens is 3. The van der Waals surface area contributed by atoms with Gasteiger partial charge in [-0.25, -0.2) is 0 Å². The quantitative estimate of drug-likeness (QED) is 0.767. The summed E-state index contributed by atoms with van der Waals surface area (Å²) in [4.78, 5) is 14.7. The number of carbonyl (C=O) groups is 1. The highest BCUT2D eigenvalue weighted by Crippen LogP contribution is 2.27. The Morgan fingerprint density at radius 1 is 1.20 bits per heavy atom. The minimum atomic E-state index is 0.0220. The van der Waals surface area contributed by atoms with Gasteiger partial charge < -0.3 is 9.47 Å². The van der Waals surface area contributed by atoms with E-state index >= 15 is 0 Å². The molecule has 0 bridgehead atoms. The van der Waals surface area contributed by atoms with Crippen molar-refractivity contribution in [1.29, 1.82) is 0 Å². The lowest BCUT2D eigenvalue weighted by Crippen LogP contribution is -2.34. The molecule has 0 saturated heterocycles. The van der Waals surface area contributed by atoms with Gasteiger partial charge in [-0.05, 0) is 12.5 Å². The van der Waals surface area contributed by atoms with Gasteiger partial charge in [-0.15, -0.1) is 0 Å². The first kappa shape index (κ1) is 16.0. The number of nitrogens with one attached hydrogen (secondary N) is 1. The number of aryl methyl sites for hydroxylation is 1. The van der Waals surface area contributed by atoms with Crippen LogP contribution in [0, 0.1) is 0 Å². The fourth-order valence-electron chi connectivity index (χ4n) is 3.42. The van der Waals surface area contributed by atoms with Crippen LogP contribution in [0.5, 0.6) is 0 Å². The molecule has 1 N–H and O–H groups in total. The Hall–Kier alpha value is -2.53. The van der Waals surface area contributed by atoms with Gasteiger partial charge >= 0.3 is 0 Å². The lowest BCUT2D eigenvalue weighted by Gasteiger charge is -2.20. The molecule has 2 aromatic heterocycles. The highest BCUT2D eigenvalue weighted by Gasteiger charge is 2.25. The molecule has 1 aromatic carbocycles. The predicted octanol–water partition coefficient (Wildman–Crippen LogP) is 3.31. The van der Waals surface area contributed by atoms with Crippen LogP contribution in [0.3, 0.4) is 0 Å². The Balaban J connectivity index is 1.58. The van der Waals surface area contributed by atoms with E-state index in [1.54, 1.807) is 16.8 Å². The number of benzene rings is 1. The number of H-pyrrole nitrogens is 1. The molecule has 3 heterocycles. The number of halogens is 1. The fraction of sp³-hybridized carbons (Fsp3) is 0.263. The van der Waals surface area contributed by atoms with E-state index in [9.17, 15) is 4.79 Å². The van der Waals surface area contributed by atoms with E-state index in [0.29, 0.717) is 23.8 Å². The fourth-order valence-corrected chi connectivity index (χ4v) is 3.67. The summed E-state index contributed by atoms with van der Waals surface area (Å²) in [5.74, 6) is 0.0220. The largest absolute Gasteiger partial charge is 0.345 e. The Kier molecular flexibility index (Phi) is 4.09. The normalized spacial score (nSPS) is 14.2. The van der Waals surface area contributed by atoms with E-state index in [-0.39, 0.29) is 5.91 Å². The number of carbonyl (C=O) groups excluding carboxylic acids is 1. The van der Waals surface area contributed by atoms with E-state index in [2.05, 4.69) is 22.3 Å². The molecule has 5 nitrogen and oxygen atoms in total. The van der Waals surface area contributed by atoms with E-state index in [1.807, 2.05) is 30.1 Å². The second-order valence-electron chi connectivity index (χ2n) is 6.34. The zero-order valence-electron chi connectivity index (χ0n) is 14.0. The summed E-state index contributed by atoms with van der Waals surface area (Å²) in [6.45, 7) is 1.35. The predicted molar refractivity (Wildman–Crippen MR) is 97.8 cm³/mol. The summed E-state index contributed by atoms with van der Waals surface area (Å²) >= 11 is 6.02. The van der Waals surface area contributed by atoms with Crippen molar-refractivity contribution in [2.75, 3.05) is 13.1 Å². The Morgan fingerprint density at radius 3 is 2.68 bits per heavy atom. The van der Waals surface area contributed by atoms with E-state index in [1.165, 1.54) is 5.56 Å². The molecule has 0 fully saturated rings. The molecule has 0 radical (unpaired) electrons. The summed E-state index contributed by atoms with van der Waals surface area (Å²) in [5.41, 5.74) is 5.06. The minimum absolute atomic E-state index is 0.0220. The van der Waals surface area contributed by atoms with Gasteiger partial charge in [0.2, 0.25) is 0 Å². The lowest BCUT2D eigenvalue weighted by atomic mass is 10.0. The average molecular weight is 355 g/mol. The van der Waals surface area contributed by atoms with Crippen LogP contribution in [-0.4, -0.2) is 38.7 Å². The van der Waals surface area contributed by atoms with Crippen LogP contribution in [0.2, 0.25) is 5.02 Å². The van der Waals surface area contributed by atoms with Crippen LogP contribution >= 0.6 is 11.6 Å².